The first-order chi connectivity index (χ1) is 12.9. The van der Waals surface area contributed by atoms with Gasteiger partial charge in [0.2, 0.25) is 0 Å². The molecule has 1 saturated heterocycles. The lowest BCUT2D eigenvalue weighted by Gasteiger charge is -2.44. The first-order valence-electron chi connectivity index (χ1n) is 9.19. The average Bonchev–Trinajstić information content (AvgIpc) is 2.65. The molecule has 2 atom stereocenters. The number of nitrogen functional groups attached to an aromatic ring is 1. The molecule has 3 rings (SSSR count). The van der Waals surface area contributed by atoms with Crippen molar-refractivity contribution in [2.24, 2.45) is 0 Å². The van der Waals surface area contributed by atoms with E-state index >= 15 is 0 Å². The Morgan fingerprint density at radius 1 is 1.11 bits per heavy atom. The highest BCUT2D eigenvalue weighted by Crippen LogP contribution is 2.21. The summed E-state index contributed by atoms with van der Waals surface area (Å²) in [5.41, 5.74) is 7.45. The van der Waals surface area contributed by atoms with Gasteiger partial charge in [0, 0.05) is 31.7 Å². The fraction of sp³-hybridized carbons (Fsp3) is 0.381. The first kappa shape index (κ1) is 19.2. The molecule has 5 nitrogen and oxygen atoms in total. The first-order valence-corrected chi connectivity index (χ1v) is 9.19. The summed E-state index contributed by atoms with van der Waals surface area (Å²) in [6.45, 7) is 6.25. The van der Waals surface area contributed by atoms with Gasteiger partial charge < -0.3 is 15.4 Å². The number of nitrogens with two attached hydrogens (primary N) is 1. The number of carbonyl (C=O) groups is 1. The highest BCUT2D eigenvalue weighted by atomic mass is 19.1. The number of carbonyl (C=O) groups excluding carboxylic acids is 1. The van der Waals surface area contributed by atoms with E-state index in [0.717, 1.165) is 18.7 Å². The molecule has 0 radical (unpaired) electrons. The predicted octanol–water partition coefficient (Wildman–Crippen LogP) is 2.91. The molecule has 0 aliphatic carbocycles. The van der Waals surface area contributed by atoms with Gasteiger partial charge in [-0.1, -0.05) is 24.3 Å². The van der Waals surface area contributed by atoms with Crippen molar-refractivity contribution in [3.63, 3.8) is 0 Å². The Kier molecular flexibility index (Phi) is 5.96. The zero-order chi connectivity index (χ0) is 19.4. The van der Waals surface area contributed by atoms with E-state index in [1.807, 2.05) is 36.1 Å². The van der Waals surface area contributed by atoms with Crippen molar-refractivity contribution < 1.29 is 13.9 Å². The van der Waals surface area contributed by atoms with Crippen LogP contribution in [0.3, 0.4) is 0 Å². The molecule has 1 amide bonds. The van der Waals surface area contributed by atoms with Crippen LogP contribution >= 0.6 is 0 Å². The highest BCUT2D eigenvalue weighted by molar-refractivity contribution is 5.78. The Balaban J connectivity index is 1.56. The molecule has 1 heterocycles. The predicted molar refractivity (Wildman–Crippen MR) is 104 cm³/mol. The molecule has 6 heteroatoms. The third-order valence-electron chi connectivity index (χ3n) is 5.00. The van der Waals surface area contributed by atoms with E-state index in [2.05, 4.69) is 11.8 Å². The monoisotopic (exact) mass is 371 g/mol. The molecule has 2 aromatic rings. The number of hydrogen-bond donors (Lipinski definition) is 1. The van der Waals surface area contributed by atoms with Gasteiger partial charge in [-0.3, -0.25) is 9.69 Å². The summed E-state index contributed by atoms with van der Waals surface area (Å²) in [6, 6.07) is 14.0. The van der Waals surface area contributed by atoms with Gasteiger partial charge in [-0.15, -0.1) is 0 Å². The largest absolute Gasteiger partial charge is 0.482 e. The molecule has 0 bridgehead atoms. The number of amides is 1. The maximum atomic E-state index is 13.1. The second kappa shape index (κ2) is 8.39. The van der Waals surface area contributed by atoms with Gasteiger partial charge in [0.05, 0.1) is 5.69 Å². The van der Waals surface area contributed by atoms with E-state index in [4.69, 9.17) is 10.5 Å². The van der Waals surface area contributed by atoms with E-state index < -0.39 is 0 Å². The summed E-state index contributed by atoms with van der Waals surface area (Å²) in [6.07, 6.45) is 0. The van der Waals surface area contributed by atoms with Crippen LogP contribution in [0.15, 0.2) is 48.5 Å². The van der Waals surface area contributed by atoms with Gasteiger partial charge in [0.25, 0.3) is 5.91 Å². The molecule has 0 unspecified atom stereocenters. The lowest BCUT2D eigenvalue weighted by molar-refractivity contribution is -0.139. The van der Waals surface area contributed by atoms with Gasteiger partial charge in [0.15, 0.2) is 6.61 Å². The summed E-state index contributed by atoms with van der Waals surface area (Å²) in [5.74, 6) is 0.259. The Morgan fingerprint density at radius 3 is 2.52 bits per heavy atom. The third kappa shape index (κ3) is 4.77. The van der Waals surface area contributed by atoms with Gasteiger partial charge in [-0.2, -0.15) is 0 Å². The molecule has 27 heavy (non-hydrogen) atoms. The molecule has 1 aliphatic rings. The molecule has 1 fully saturated rings. The van der Waals surface area contributed by atoms with Crippen LogP contribution in [0.4, 0.5) is 10.1 Å². The molecule has 1 aliphatic heterocycles. The second-order valence-corrected chi connectivity index (χ2v) is 7.13. The van der Waals surface area contributed by atoms with Gasteiger partial charge in [-0.05, 0) is 43.7 Å². The van der Waals surface area contributed by atoms with Crippen LogP contribution in [0.1, 0.15) is 19.4 Å². The molecule has 0 aromatic heterocycles. The van der Waals surface area contributed by atoms with Crippen molar-refractivity contribution in [2.45, 2.75) is 32.5 Å². The standard InChI is InChI=1S/C21H26FN3O2/c1-15-12-25(21(26)14-27-20-6-4-3-5-19(20)23)16(2)11-24(15)13-17-7-9-18(22)10-8-17/h3-10,15-16H,11-14,23H2,1-2H3/t15-,16+/m0/s1. The van der Waals surface area contributed by atoms with E-state index in [1.165, 1.54) is 12.1 Å². The fourth-order valence-electron chi connectivity index (χ4n) is 3.42. The minimum absolute atomic E-state index is 0.0246. The topological polar surface area (TPSA) is 58.8 Å². The molecule has 144 valence electrons. The minimum atomic E-state index is -0.227. The smallest absolute Gasteiger partial charge is 0.260 e. The van der Waals surface area contributed by atoms with Crippen molar-refractivity contribution in [3.05, 3.63) is 59.9 Å². The number of ether oxygens (including phenoxy) is 1. The van der Waals surface area contributed by atoms with Crippen LogP contribution in [-0.2, 0) is 11.3 Å². The Hall–Kier alpha value is -2.60. The molecule has 2 N–H and O–H groups in total. The number of hydrogen-bond acceptors (Lipinski definition) is 4. The number of rotatable bonds is 5. The summed E-state index contributed by atoms with van der Waals surface area (Å²) in [7, 11) is 0. The van der Waals surface area contributed by atoms with Crippen LogP contribution < -0.4 is 10.5 Å². The average molecular weight is 371 g/mol. The molecule has 0 spiro atoms. The minimum Gasteiger partial charge on any atom is -0.482 e. The SMILES string of the molecule is C[C@@H]1CN(Cc2ccc(F)cc2)[C@@H](C)CN1C(=O)COc1ccccc1N. The number of benzene rings is 2. The Labute approximate surface area is 159 Å². The second-order valence-electron chi connectivity index (χ2n) is 7.13. The zero-order valence-electron chi connectivity index (χ0n) is 15.8. The van der Waals surface area contributed by atoms with E-state index in [-0.39, 0.29) is 30.4 Å². The third-order valence-corrected chi connectivity index (χ3v) is 5.00. The molecule has 2 aromatic carbocycles. The zero-order valence-corrected chi connectivity index (χ0v) is 15.8. The van der Waals surface area contributed by atoms with Crippen molar-refractivity contribution in [2.75, 3.05) is 25.4 Å². The molecule has 0 saturated carbocycles. The lowest BCUT2D eigenvalue weighted by Crippen LogP contribution is -2.58. The van der Waals surface area contributed by atoms with Crippen molar-refractivity contribution >= 4 is 11.6 Å². The Bertz CT molecular complexity index is 781. The maximum Gasteiger partial charge on any atom is 0.260 e. The van der Waals surface area contributed by atoms with Gasteiger partial charge >= 0.3 is 0 Å². The Morgan fingerprint density at radius 2 is 1.81 bits per heavy atom. The van der Waals surface area contributed by atoms with E-state index in [0.29, 0.717) is 18.0 Å². The van der Waals surface area contributed by atoms with Crippen LogP contribution in [0.5, 0.6) is 5.75 Å². The quantitative estimate of drug-likeness (QED) is 0.821. The fourth-order valence-corrected chi connectivity index (χ4v) is 3.42. The van der Waals surface area contributed by atoms with Crippen molar-refractivity contribution in [3.8, 4) is 5.75 Å². The van der Waals surface area contributed by atoms with Crippen molar-refractivity contribution in [1.29, 1.82) is 0 Å². The lowest BCUT2D eigenvalue weighted by atomic mass is 10.1. The van der Waals surface area contributed by atoms with Gasteiger partial charge in [0.1, 0.15) is 11.6 Å². The number of piperazine rings is 1. The van der Waals surface area contributed by atoms with Gasteiger partial charge in [-0.25, -0.2) is 4.39 Å². The van der Waals surface area contributed by atoms with E-state index in [1.54, 1.807) is 12.1 Å². The summed E-state index contributed by atoms with van der Waals surface area (Å²) >= 11 is 0. The van der Waals surface area contributed by atoms with Crippen LogP contribution in [0, 0.1) is 5.82 Å². The summed E-state index contributed by atoms with van der Waals surface area (Å²) < 4.78 is 18.7. The highest BCUT2D eigenvalue weighted by Gasteiger charge is 2.32. The van der Waals surface area contributed by atoms with E-state index in [9.17, 15) is 9.18 Å². The number of halogens is 1. The van der Waals surface area contributed by atoms with Crippen LogP contribution in [0.25, 0.3) is 0 Å². The maximum absolute atomic E-state index is 13.1. The normalized spacial score (nSPS) is 20.5. The molecular formula is C21H26FN3O2. The van der Waals surface area contributed by atoms with Crippen LogP contribution in [-0.4, -0.2) is 47.5 Å². The van der Waals surface area contributed by atoms with Crippen LogP contribution in [0.2, 0.25) is 0 Å². The van der Waals surface area contributed by atoms with Crippen molar-refractivity contribution in [1.82, 2.24) is 9.80 Å². The molecular weight excluding hydrogens is 345 g/mol. The number of nitrogens with zero attached hydrogens (tertiary/aromatic N) is 2. The number of para-hydroxylation sites is 2. The summed E-state index contributed by atoms with van der Waals surface area (Å²) in [4.78, 5) is 16.8. The summed E-state index contributed by atoms with van der Waals surface area (Å²) in [5, 5.41) is 0. The number of anilines is 1.